The van der Waals surface area contributed by atoms with E-state index in [1.165, 1.54) is 144 Å². The first kappa shape index (κ1) is 30.7. The van der Waals surface area contributed by atoms with Crippen LogP contribution in [-0.4, -0.2) is 8.86 Å². The quantitative estimate of drug-likeness (QED) is 0.0693. The molecule has 0 aliphatic carbocycles. The summed E-state index contributed by atoms with van der Waals surface area (Å²) in [5, 5.41) is 0. The molecule has 0 aromatic carbocycles. The first-order valence-corrected chi connectivity index (χ1v) is 15.5. The van der Waals surface area contributed by atoms with Gasteiger partial charge in [-0.15, -0.1) is 0 Å². The SMILES string of the molecule is CCCCCCCCCCCCCI.CCCCCCCCCCCCI. The maximum absolute atomic E-state index is 2.47. The Kier molecular flexibility index (Phi) is 36.5. The van der Waals surface area contributed by atoms with Crippen molar-refractivity contribution in [2.75, 3.05) is 8.86 Å². The minimum atomic E-state index is 1.34. The van der Waals surface area contributed by atoms with Gasteiger partial charge in [0.25, 0.3) is 0 Å². The summed E-state index contributed by atoms with van der Waals surface area (Å²) in [6, 6.07) is 0. The molecule has 0 aliphatic heterocycles. The third-order valence-electron chi connectivity index (χ3n) is 5.22. The number of hydrogen-bond donors (Lipinski definition) is 0. The Bertz CT molecular complexity index is 196. The molecule has 0 nitrogen and oxygen atoms in total. The minimum absolute atomic E-state index is 1.34. The Morgan fingerprint density at radius 2 is 0.481 bits per heavy atom. The number of halogens is 2. The van der Waals surface area contributed by atoms with Crippen LogP contribution in [0, 0.1) is 0 Å². The summed E-state index contributed by atoms with van der Waals surface area (Å²) in [5.74, 6) is 0. The maximum atomic E-state index is 2.47. The van der Waals surface area contributed by atoms with Gasteiger partial charge in [-0.05, 0) is 21.7 Å². The number of rotatable bonds is 21. The van der Waals surface area contributed by atoms with Crippen molar-refractivity contribution in [3.63, 3.8) is 0 Å². The molecule has 0 saturated heterocycles. The molecular formula is C25H52I2. The molecule has 0 atom stereocenters. The molecule has 0 aromatic heterocycles. The third-order valence-corrected chi connectivity index (χ3v) is 6.75. The predicted molar refractivity (Wildman–Crippen MR) is 146 cm³/mol. The van der Waals surface area contributed by atoms with Crippen LogP contribution < -0.4 is 0 Å². The van der Waals surface area contributed by atoms with Crippen molar-refractivity contribution in [3.8, 4) is 0 Å². The van der Waals surface area contributed by atoms with Crippen molar-refractivity contribution in [2.24, 2.45) is 0 Å². The van der Waals surface area contributed by atoms with Crippen molar-refractivity contribution in [3.05, 3.63) is 0 Å². The number of unbranched alkanes of at least 4 members (excludes halogenated alkanes) is 19. The molecule has 0 heterocycles. The molecule has 0 fully saturated rings. The molecule has 0 radical (unpaired) electrons. The average molecular weight is 606 g/mol. The highest BCUT2D eigenvalue weighted by Crippen LogP contribution is 2.12. The normalized spacial score (nSPS) is 10.7. The molecule has 0 spiro atoms. The van der Waals surface area contributed by atoms with Gasteiger partial charge in [0.2, 0.25) is 0 Å². The van der Waals surface area contributed by atoms with Crippen LogP contribution in [0.4, 0.5) is 0 Å². The number of alkyl halides is 2. The van der Waals surface area contributed by atoms with Gasteiger partial charge in [-0.3, -0.25) is 0 Å². The highest BCUT2D eigenvalue weighted by Gasteiger charge is 1.92. The van der Waals surface area contributed by atoms with E-state index in [-0.39, 0.29) is 0 Å². The molecule has 0 saturated carbocycles. The van der Waals surface area contributed by atoms with Crippen molar-refractivity contribution >= 4 is 45.2 Å². The molecule has 0 unspecified atom stereocenters. The van der Waals surface area contributed by atoms with E-state index in [4.69, 9.17) is 0 Å². The average Bonchev–Trinajstić information content (AvgIpc) is 2.69. The fraction of sp³-hybridized carbons (Fsp3) is 1.00. The predicted octanol–water partition coefficient (Wildman–Crippen LogP) is 11.1. The largest absolute Gasteiger partial charge is 0.0864 e. The van der Waals surface area contributed by atoms with Gasteiger partial charge in [0.1, 0.15) is 0 Å². The zero-order valence-electron chi connectivity index (χ0n) is 19.0. The summed E-state index contributed by atoms with van der Waals surface area (Å²) < 4.78 is 2.68. The lowest BCUT2D eigenvalue weighted by atomic mass is 10.1. The molecule has 2 heteroatoms. The zero-order valence-corrected chi connectivity index (χ0v) is 23.3. The summed E-state index contributed by atoms with van der Waals surface area (Å²) >= 11 is 4.95. The molecular weight excluding hydrogens is 554 g/mol. The van der Waals surface area contributed by atoms with Crippen LogP contribution >= 0.6 is 45.2 Å². The lowest BCUT2D eigenvalue weighted by Gasteiger charge is -2.01. The van der Waals surface area contributed by atoms with Gasteiger partial charge in [-0.1, -0.05) is 181 Å². The van der Waals surface area contributed by atoms with E-state index in [0.29, 0.717) is 0 Å². The van der Waals surface area contributed by atoms with Crippen LogP contribution in [0.2, 0.25) is 0 Å². The molecule has 0 amide bonds. The topological polar surface area (TPSA) is 0 Å². The fourth-order valence-electron chi connectivity index (χ4n) is 3.34. The van der Waals surface area contributed by atoms with Crippen LogP contribution in [0.15, 0.2) is 0 Å². The Hall–Kier alpha value is 1.46. The van der Waals surface area contributed by atoms with Crippen molar-refractivity contribution in [1.29, 1.82) is 0 Å². The summed E-state index contributed by atoms with van der Waals surface area (Å²) in [6.45, 7) is 4.57. The monoisotopic (exact) mass is 606 g/mol. The lowest BCUT2D eigenvalue weighted by molar-refractivity contribution is 0.555. The van der Waals surface area contributed by atoms with Gasteiger partial charge in [-0.2, -0.15) is 0 Å². The molecule has 0 aromatic rings. The Labute approximate surface area is 201 Å². The van der Waals surface area contributed by atoms with E-state index in [1.54, 1.807) is 0 Å². The van der Waals surface area contributed by atoms with Crippen LogP contribution in [0.25, 0.3) is 0 Å². The molecule has 0 aliphatic rings. The summed E-state index contributed by atoms with van der Waals surface area (Å²) in [5.41, 5.74) is 0. The number of hydrogen-bond acceptors (Lipinski definition) is 0. The smallest absolute Gasteiger partial charge is 0.000473 e. The second kappa shape index (κ2) is 32.1. The standard InChI is InChI=1S/C13H27I.C12H25I/c1-2-3-4-5-6-7-8-9-10-11-12-13-14;1-2-3-4-5-6-7-8-9-10-11-12-13/h2-13H2,1H3;2-12H2,1H3. The van der Waals surface area contributed by atoms with Gasteiger partial charge in [0.05, 0.1) is 0 Å². The summed E-state index contributed by atoms with van der Waals surface area (Å²) in [6.07, 6.45) is 30.5. The van der Waals surface area contributed by atoms with Crippen LogP contribution in [0.1, 0.15) is 149 Å². The first-order valence-electron chi connectivity index (χ1n) is 12.4. The van der Waals surface area contributed by atoms with Crippen LogP contribution in [0.5, 0.6) is 0 Å². The van der Waals surface area contributed by atoms with E-state index in [0.717, 1.165) is 0 Å². The molecule has 0 rings (SSSR count). The van der Waals surface area contributed by atoms with Gasteiger partial charge in [0, 0.05) is 0 Å². The van der Waals surface area contributed by atoms with Crippen molar-refractivity contribution < 1.29 is 0 Å². The van der Waals surface area contributed by atoms with Crippen LogP contribution in [-0.2, 0) is 0 Å². The third kappa shape index (κ3) is 35.3. The summed E-state index contributed by atoms with van der Waals surface area (Å²) in [7, 11) is 0. The highest BCUT2D eigenvalue weighted by atomic mass is 127. The first-order chi connectivity index (χ1) is 13.3. The van der Waals surface area contributed by atoms with E-state index >= 15 is 0 Å². The van der Waals surface area contributed by atoms with Crippen molar-refractivity contribution in [2.45, 2.75) is 149 Å². The molecule has 0 N–H and O–H groups in total. The van der Waals surface area contributed by atoms with E-state index in [1.807, 2.05) is 0 Å². The Balaban J connectivity index is 0. The fourth-order valence-corrected chi connectivity index (χ4v) is 4.42. The van der Waals surface area contributed by atoms with Gasteiger partial charge < -0.3 is 0 Å². The van der Waals surface area contributed by atoms with E-state index in [9.17, 15) is 0 Å². The van der Waals surface area contributed by atoms with E-state index < -0.39 is 0 Å². The van der Waals surface area contributed by atoms with Gasteiger partial charge in [0.15, 0.2) is 0 Å². The minimum Gasteiger partial charge on any atom is -0.0864 e. The van der Waals surface area contributed by atoms with Gasteiger partial charge >= 0.3 is 0 Å². The molecule has 0 bridgehead atoms. The maximum Gasteiger partial charge on any atom is -0.000473 e. The molecule has 27 heavy (non-hydrogen) atoms. The molecule has 166 valence electrons. The second-order valence-electron chi connectivity index (χ2n) is 8.10. The van der Waals surface area contributed by atoms with Crippen molar-refractivity contribution in [1.82, 2.24) is 0 Å². The summed E-state index contributed by atoms with van der Waals surface area (Å²) in [4.78, 5) is 0. The Morgan fingerprint density at radius 3 is 0.667 bits per heavy atom. The van der Waals surface area contributed by atoms with Crippen LogP contribution in [0.3, 0.4) is 0 Å². The second-order valence-corrected chi connectivity index (χ2v) is 10.3. The lowest BCUT2D eigenvalue weighted by Crippen LogP contribution is -1.82. The van der Waals surface area contributed by atoms with E-state index in [2.05, 4.69) is 59.0 Å². The zero-order chi connectivity index (χ0) is 20.3. The van der Waals surface area contributed by atoms with Gasteiger partial charge in [-0.25, -0.2) is 0 Å². The highest BCUT2D eigenvalue weighted by molar-refractivity contribution is 14.1. The Morgan fingerprint density at radius 1 is 0.296 bits per heavy atom.